The van der Waals surface area contributed by atoms with E-state index in [0.29, 0.717) is 5.82 Å². The minimum atomic E-state index is -0.497. The molecular weight excluding hydrogens is 835 g/mol. The normalized spacial score (nSPS) is 12.5. The number of aromatic nitrogens is 3. The largest absolute Gasteiger partial charge is 0.247 e. The Labute approximate surface area is 401 Å². The molecule has 0 radical (unpaired) electrons. The van der Waals surface area contributed by atoms with Crippen molar-refractivity contribution in [2.24, 2.45) is 0 Å². The molecule has 12 aromatic rings. The molecule has 0 saturated carbocycles. The van der Waals surface area contributed by atoms with Gasteiger partial charge in [-0.2, -0.15) is 0 Å². The van der Waals surface area contributed by atoms with Crippen molar-refractivity contribution in [1.82, 2.24) is 15.0 Å². The second-order valence-corrected chi connectivity index (χ2v) is 17.8. The fourth-order valence-corrected chi connectivity index (χ4v) is 10.8. The van der Waals surface area contributed by atoms with E-state index < -0.39 is 5.41 Å². The average Bonchev–Trinajstić information content (AvgIpc) is 3.75. The summed E-state index contributed by atoms with van der Waals surface area (Å²) in [5.74, 6) is 0.684. The highest BCUT2D eigenvalue weighted by Gasteiger charge is 2.46. The second kappa shape index (κ2) is 16.7. The first kappa shape index (κ1) is 40.2. The van der Waals surface area contributed by atoms with Crippen LogP contribution >= 0.6 is 0 Å². The number of nitrogens with zero attached hydrogens (tertiary/aromatic N) is 3. The highest BCUT2D eigenvalue weighted by atomic mass is 14.9. The van der Waals surface area contributed by atoms with E-state index in [4.69, 9.17) is 15.0 Å². The quantitative estimate of drug-likeness (QED) is 0.143. The summed E-state index contributed by atoms with van der Waals surface area (Å²) in [4.78, 5) is 15.8. The van der Waals surface area contributed by atoms with E-state index in [-0.39, 0.29) is 0 Å². The van der Waals surface area contributed by atoms with Crippen molar-refractivity contribution in [3.05, 3.63) is 283 Å². The Morgan fingerprint density at radius 3 is 1.46 bits per heavy atom. The molecule has 0 aliphatic heterocycles. The molecule has 3 nitrogen and oxygen atoms in total. The molecule has 0 amide bonds. The van der Waals surface area contributed by atoms with Crippen LogP contribution in [-0.2, 0) is 5.41 Å². The molecule has 1 aliphatic carbocycles. The van der Waals surface area contributed by atoms with Crippen LogP contribution in [-0.4, -0.2) is 15.0 Å². The lowest BCUT2D eigenvalue weighted by Crippen LogP contribution is -2.28. The third-order valence-electron chi connectivity index (χ3n) is 14.0. The number of rotatable bonds is 8. The molecule has 322 valence electrons. The lowest BCUT2D eigenvalue weighted by Gasteiger charge is -2.34. The standard InChI is InChI=1S/C66H43N3/c1-5-18-44(19-6-1)45-32-36-48(37-33-45)61-43-60(47-20-7-2-8-21-47)68-65(69-61)49-38-34-46(35-39-49)50-22-17-23-51(42-50)64-56-40-41-58-63(62(56)55-29-14-16-31-59(55)67-64)54-28-13-15-30-57(54)66(58,52-24-9-3-10-25-52)53-26-11-4-12-27-53/h1-43H. The molecule has 0 N–H and O–H groups in total. The minimum absolute atomic E-state index is 0.497. The van der Waals surface area contributed by atoms with Crippen LogP contribution < -0.4 is 0 Å². The van der Waals surface area contributed by atoms with Gasteiger partial charge >= 0.3 is 0 Å². The monoisotopic (exact) mass is 877 g/mol. The van der Waals surface area contributed by atoms with Crippen molar-refractivity contribution in [2.45, 2.75) is 5.41 Å². The third kappa shape index (κ3) is 6.78. The van der Waals surface area contributed by atoms with Crippen LogP contribution in [0.25, 0.3) is 100 Å². The van der Waals surface area contributed by atoms with E-state index in [0.717, 1.165) is 66.8 Å². The number of hydrogen-bond donors (Lipinski definition) is 0. The van der Waals surface area contributed by atoms with Gasteiger partial charge in [0.1, 0.15) is 0 Å². The Kier molecular flexibility index (Phi) is 9.73. The number of hydrogen-bond acceptors (Lipinski definition) is 3. The molecular formula is C66H43N3. The van der Waals surface area contributed by atoms with Gasteiger partial charge in [-0.05, 0) is 73.8 Å². The zero-order valence-corrected chi connectivity index (χ0v) is 37.7. The van der Waals surface area contributed by atoms with Gasteiger partial charge in [0.25, 0.3) is 0 Å². The van der Waals surface area contributed by atoms with E-state index in [2.05, 4.69) is 249 Å². The Hall–Kier alpha value is -9.05. The topological polar surface area (TPSA) is 38.7 Å². The summed E-state index contributed by atoms with van der Waals surface area (Å²) >= 11 is 0. The van der Waals surface area contributed by atoms with E-state index in [9.17, 15) is 0 Å². The Morgan fingerprint density at radius 1 is 0.290 bits per heavy atom. The first-order valence-electron chi connectivity index (χ1n) is 23.6. The van der Waals surface area contributed by atoms with E-state index in [1.54, 1.807) is 0 Å². The van der Waals surface area contributed by atoms with E-state index in [1.165, 1.54) is 49.9 Å². The molecule has 3 heteroatoms. The summed E-state index contributed by atoms with van der Waals surface area (Å²) < 4.78 is 0. The fourth-order valence-electron chi connectivity index (χ4n) is 10.8. The maximum Gasteiger partial charge on any atom is 0.160 e. The number of para-hydroxylation sites is 1. The van der Waals surface area contributed by atoms with Crippen LogP contribution in [0, 0.1) is 0 Å². The van der Waals surface area contributed by atoms with Crippen molar-refractivity contribution in [3.8, 4) is 78.5 Å². The van der Waals surface area contributed by atoms with Crippen molar-refractivity contribution in [2.75, 3.05) is 0 Å². The summed E-state index contributed by atoms with van der Waals surface area (Å²) in [6.45, 7) is 0. The average molecular weight is 878 g/mol. The van der Waals surface area contributed by atoms with Gasteiger partial charge in [0.15, 0.2) is 5.82 Å². The first-order valence-corrected chi connectivity index (χ1v) is 23.6. The van der Waals surface area contributed by atoms with Crippen LogP contribution in [0.2, 0.25) is 0 Å². The van der Waals surface area contributed by atoms with E-state index in [1.807, 2.05) is 12.1 Å². The summed E-state index contributed by atoms with van der Waals surface area (Å²) in [7, 11) is 0. The molecule has 0 saturated heterocycles. The first-order chi connectivity index (χ1) is 34.2. The molecule has 69 heavy (non-hydrogen) atoms. The van der Waals surface area contributed by atoms with Crippen molar-refractivity contribution < 1.29 is 0 Å². The van der Waals surface area contributed by atoms with Crippen molar-refractivity contribution in [1.29, 1.82) is 0 Å². The van der Waals surface area contributed by atoms with Crippen LogP contribution in [0.1, 0.15) is 22.3 Å². The maximum atomic E-state index is 5.47. The van der Waals surface area contributed by atoms with Crippen LogP contribution in [0.4, 0.5) is 0 Å². The second-order valence-electron chi connectivity index (χ2n) is 17.8. The summed E-state index contributed by atoms with van der Waals surface area (Å²) in [5.41, 5.74) is 19.5. The lowest BCUT2D eigenvalue weighted by molar-refractivity contribution is 0.769. The maximum absolute atomic E-state index is 5.47. The number of benzene rings is 10. The van der Waals surface area contributed by atoms with Gasteiger partial charge in [0, 0.05) is 38.4 Å². The van der Waals surface area contributed by atoms with Crippen LogP contribution in [0.15, 0.2) is 261 Å². The Balaban J connectivity index is 0.918. The van der Waals surface area contributed by atoms with Crippen molar-refractivity contribution in [3.63, 3.8) is 0 Å². The van der Waals surface area contributed by atoms with Gasteiger partial charge in [0.05, 0.1) is 28.0 Å². The number of pyridine rings is 1. The fraction of sp³-hybridized carbons (Fsp3) is 0.0152. The van der Waals surface area contributed by atoms with E-state index >= 15 is 0 Å². The molecule has 0 fully saturated rings. The summed E-state index contributed by atoms with van der Waals surface area (Å²) in [6.07, 6.45) is 0. The summed E-state index contributed by atoms with van der Waals surface area (Å²) in [5, 5.41) is 3.51. The molecule has 0 spiro atoms. The zero-order chi connectivity index (χ0) is 45.7. The predicted molar refractivity (Wildman–Crippen MR) is 285 cm³/mol. The lowest BCUT2D eigenvalue weighted by atomic mass is 9.67. The summed E-state index contributed by atoms with van der Waals surface area (Å²) in [6, 6.07) is 93.4. The SMILES string of the molecule is c1ccc(-c2ccc(-c3cc(-c4ccccc4)nc(-c4ccc(-c5cccc(-c6nc7ccccc7c7c8c(ccc67)C(c6ccccc6)(c6ccccc6)c6ccccc6-8)c5)cc4)n3)cc2)cc1. The molecule has 0 bridgehead atoms. The van der Waals surface area contributed by atoms with Gasteiger partial charge in [0.2, 0.25) is 0 Å². The molecule has 2 heterocycles. The van der Waals surface area contributed by atoms with Gasteiger partial charge in [-0.15, -0.1) is 0 Å². The molecule has 0 unspecified atom stereocenters. The predicted octanol–water partition coefficient (Wildman–Crippen LogP) is 16.5. The zero-order valence-electron chi connectivity index (χ0n) is 37.7. The van der Waals surface area contributed by atoms with Gasteiger partial charge in [-0.25, -0.2) is 15.0 Å². The highest BCUT2D eigenvalue weighted by Crippen LogP contribution is 2.58. The Bertz CT molecular complexity index is 3810. The van der Waals surface area contributed by atoms with Gasteiger partial charge in [-0.1, -0.05) is 243 Å². The molecule has 2 aromatic heterocycles. The molecule has 1 aliphatic rings. The molecule has 13 rings (SSSR count). The van der Waals surface area contributed by atoms with Crippen LogP contribution in [0.3, 0.4) is 0 Å². The van der Waals surface area contributed by atoms with Gasteiger partial charge < -0.3 is 0 Å². The third-order valence-corrected chi connectivity index (χ3v) is 14.0. The van der Waals surface area contributed by atoms with Gasteiger partial charge in [-0.3, -0.25) is 0 Å². The van der Waals surface area contributed by atoms with Crippen LogP contribution in [0.5, 0.6) is 0 Å². The number of fused-ring (bicyclic) bond motifs is 7. The highest BCUT2D eigenvalue weighted by molar-refractivity contribution is 6.19. The van der Waals surface area contributed by atoms with Crippen molar-refractivity contribution >= 4 is 21.7 Å². The molecule has 0 atom stereocenters. The Morgan fingerprint density at radius 2 is 0.783 bits per heavy atom. The minimum Gasteiger partial charge on any atom is -0.247 e. The smallest absolute Gasteiger partial charge is 0.160 e. The molecule has 10 aromatic carbocycles.